The second kappa shape index (κ2) is 4.31. The molecule has 0 saturated heterocycles. The van der Waals surface area contributed by atoms with Crippen LogP contribution in [0.15, 0.2) is 27.7 Å². The summed E-state index contributed by atoms with van der Waals surface area (Å²) >= 11 is 3.24. The second-order valence-electron chi connectivity index (χ2n) is 3.53. The van der Waals surface area contributed by atoms with Crippen molar-refractivity contribution in [3.63, 3.8) is 0 Å². The summed E-state index contributed by atoms with van der Waals surface area (Å²) in [6.07, 6.45) is 0.629. The van der Waals surface area contributed by atoms with Gasteiger partial charge in [-0.15, -0.1) is 0 Å². The van der Waals surface area contributed by atoms with Crippen LogP contribution in [0.5, 0.6) is 0 Å². The van der Waals surface area contributed by atoms with Crippen molar-refractivity contribution in [2.75, 3.05) is 0 Å². The van der Waals surface area contributed by atoms with Gasteiger partial charge in [-0.05, 0) is 35.0 Å². The summed E-state index contributed by atoms with van der Waals surface area (Å²) in [6, 6.07) is 3.52. The number of fused-ring (bicyclic) bond motifs is 1. The molecule has 16 heavy (non-hydrogen) atoms. The van der Waals surface area contributed by atoms with Crippen LogP contribution in [-0.2, 0) is 6.54 Å². The molecule has 0 bridgehead atoms. The fourth-order valence-corrected chi connectivity index (χ4v) is 1.76. The van der Waals surface area contributed by atoms with E-state index in [0.717, 1.165) is 0 Å². The van der Waals surface area contributed by atoms with Crippen molar-refractivity contribution in [1.82, 2.24) is 14.5 Å². The minimum Gasteiger partial charge on any atom is -0.392 e. The van der Waals surface area contributed by atoms with Crippen LogP contribution in [0.1, 0.15) is 6.92 Å². The number of aromatic nitrogens is 3. The third kappa shape index (κ3) is 2.12. The smallest absolute Gasteiger partial charge is 0.270 e. The van der Waals surface area contributed by atoms with Gasteiger partial charge in [-0.1, -0.05) is 0 Å². The van der Waals surface area contributed by atoms with Crippen LogP contribution in [-0.4, -0.2) is 25.7 Å². The van der Waals surface area contributed by atoms with Crippen LogP contribution in [0.25, 0.3) is 11.2 Å². The number of pyridine rings is 1. The summed E-state index contributed by atoms with van der Waals surface area (Å²) in [5.41, 5.74) is 0.838. The van der Waals surface area contributed by atoms with Gasteiger partial charge in [-0.2, -0.15) is 0 Å². The van der Waals surface area contributed by atoms with Crippen LogP contribution in [0.3, 0.4) is 0 Å². The predicted molar refractivity (Wildman–Crippen MR) is 63.2 cm³/mol. The summed E-state index contributed by atoms with van der Waals surface area (Å²) in [5, 5.41) is 9.34. The van der Waals surface area contributed by atoms with Gasteiger partial charge < -0.3 is 5.11 Å². The number of hydrogen-bond acceptors (Lipinski definition) is 4. The fourth-order valence-electron chi connectivity index (χ4n) is 1.46. The van der Waals surface area contributed by atoms with Crippen LogP contribution in [0, 0.1) is 0 Å². The molecular formula is C10H10BrN3O2. The van der Waals surface area contributed by atoms with E-state index in [2.05, 4.69) is 25.9 Å². The Morgan fingerprint density at radius 1 is 1.56 bits per heavy atom. The molecule has 0 aliphatic heterocycles. The molecule has 1 atom stereocenters. The molecule has 6 heteroatoms. The molecule has 2 rings (SSSR count). The Hall–Kier alpha value is -1.27. The molecule has 0 fully saturated rings. The minimum absolute atomic E-state index is 0.210. The summed E-state index contributed by atoms with van der Waals surface area (Å²) in [4.78, 5) is 19.8. The van der Waals surface area contributed by atoms with Gasteiger partial charge in [0, 0.05) is 0 Å². The first-order valence-corrected chi connectivity index (χ1v) is 5.57. The molecule has 1 N–H and O–H groups in total. The van der Waals surface area contributed by atoms with E-state index in [-0.39, 0.29) is 12.1 Å². The Balaban J connectivity index is 2.72. The molecular weight excluding hydrogens is 274 g/mol. The lowest BCUT2D eigenvalue weighted by Gasteiger charge is -2.10. The first kappa shape index (κ1) is 11.2. The van der Waals surface area contributed by atoms with Gasteiger partial charge in [0.15, 0.2) is 5.65 Å². The molecule has 0 aliphatic carbocycles. The lowest BCUT2D eigenvalue weighted by atomic mass is 10.3. The van der Waals surface area contributed by atoms with E-state index in [1.165, 1.54) is 10.8 Å². The largest absolute Gasteiger partial charge is 0.392 e. The highest BCUT2D eigenvalue weighted by atomic mass is 79.9. The maximum absolute atomic E-state index is 11.6. The molecule has 84 valence electrons. The van der Waals surface area contributed by atoms with E-state index < -0.39 is 6.10 Å². The number of halogens is 1. The van der Waals surface area contributed by atoms with Crippen molar-refractivity contribution < 1.29 is 5.11 Å². The maximum Gasteiger partial charge on any atom is 0.270 e. The number of aliphatic hydroxyl groups excluding tert-OH is 1. The number of aliphatic hydroxyl groups is 1. The molecule has 2 heterocycles. The minimum atomic E-state index is -0.607. The Labute approximate surface area is 99.9 Å². The molecule has 0 aromatic carbocycles. The average molecular weight is 284 g/mol. The molecule has 0 aliphatic rings. The summed E-state index contributed by atoms with van der Waals surface area (Å²) in [5.74, 6) is 0. The Morgan fingerprint density at radius 2 is 2.31 bits per heavy atom. The molecule has 5 nitrogen and oxygen atoms in total. The van der Waals surface area contributed by atoms with E-state index in [1.807, 2.05) is 0 Å². The average Bonchev–Trinajstić information content (AvgIpc) is 2.22. The molecule has 0 spiro atoms. The van der Waals surface area contributed by atoms with E-state index in [0.29, 0.717) is 15.8 Å². The Morgan fingerprint density at radius 3 is 3.00 bits per heavy atom. The zero-order chi connectivity index (χ0) is 11.7. The van der Waals surface area contributed by atoms with E-state index in [1.54, 1.807) is 19.1 Å². The number of rotatable bonds is 2. The van der Waals surface area contributed by atoms with E-state index in [4.69, 9.17) is 0 Å². The molecule has 0 radical (unpaired) electrons. The zero-order valence-electron chi connectivity index (χ0n) is 8.59. The Kier molecular flexibility index (Phi) is 3.02. The van der Waals surface area contributed by atoms with Crippen molar-refractivity contribution in [3.8, 4) is 0 Å². The zero-order valence-corrected chi connectivity index (χ0v) is 10.2. The van der Waals surface area contributed by atoms with Gasteiger partial charge >= 0.3 is 0 Å². The monoisotopic (exact) mass is 283 g/mol. The number of nitrogens with zero attached hydrogens (tertiary/aromatic N) is 3. The van der Waals surface area contributed by atoms with Crippen LogP contribution in [0.2, 0.25) is 0 Å². The highest BCUT2D eigenvalue weighted by Crippen LogP contribution is 2.12. The Bertz CT molecular complexity index is 580. The summed E-state index contributed by atoms with van der Waals surface area (Å²) < 4.78 is 2.05. The third-order valence-electron chi connectivity index (χ3n) is 2.10. The van der Waals surface area contributed by atoms with Gasteiger partial charge in [0.05, 0.1) is 18.8 Å². The highest BCUT2D eigenvalue weighted by molar-refractivity contribution is 9.10. The van der Waals surface area contributed by atoms with Gasteiger partial charge in [0.25, 0.3) is 5.56 Å². The van der Waals surface area contributed by atoms with Crippen molar-refractivity contribution in [2.24, 2.45) is 0 Å². The van der Waals surface area contributed by atoms with Gasteiger partial charge in [-0.25, -0.2) is 9.97 Å². The SMILES string of the molecule is C[C@H](O)Cn1c(=O)cnc2ccc(Br)nc21. The fraction of sp³-hybridized carbons (Fsp3) is 0.300. The second-order valence-corrected chi connectivity index (χ2v) is 4.35. The lowest BCUT2D eigenvalue weighted by molar-refractivity contribution is 0.173. The first-order valence-electron chi connectivity index (χ1n) is 4.78. The van der Waals surface area contributed by atoms with Crippen LogP contribution in [0.4, 0.5) is 0 Å². The maximum atomic E-state index is 11.6. The van der Waals surface area contributed by atoms with Gasteiger partial charge in [0.1, 0.15) is 10.1 Å². The standard InChI is InChI=1S/C10H10BrN3O2/c1-6(15)5-14-9(16)4-12-7-2-3-8(11)13-10(7)14/h2-4,6,15H,5H2,1H3/t6-/m0/s1. The van der Waals surface area contributed by atoms with Gasteiger partial charge in [-0.3, -0.25) is 9.36 Å². The molecule has 0 amide bonds. The lowest BCUT2D eigenvalue weighted by Crippen LogP contribution is -2.26. The van der Waals surface area contributed by atoms with E-state index in [9.17, 15) is 9.90 Å². The van der Waals surface area contributed by atoms with Gasteiger partial charge in [0.2, 0.25) is 0 Å². The predicted octanol–water partition coefficient (Wildman–Crippen LogP) is 0.935. The van der Waals surface area contributed by atoms with Crippen LogP contribution >= 0.6 is 15.9 Å². The third-order valence-corrected chi connectivity index (χ3v) is 2.54. The molecule has 2 aromatic heterocycles. The first-order chi connectivity index (χ1) is 7.58. The normalized spacial score (nSPS) is 12.9. The quantitative estimate of drug-likeness (QED) is 0.833. The van der Waals surface area contributed by atoms with Crippen LogP contribution < -0.4 is 5.56 Å². The van der Waals surface area contributed by atoms with Crippen molar-refractivity contribution in [3.05, 3.63) is 33.3 Å². The highest BCUT2D eigenvalue weighted by Gasteiger charge is 2.08. The molecule has 0 unspecified atom stereocenters. The number of hydrogen-bond donors (Lipinski definition) is 1. The molecule has 0 saturated carbocycles. The molecule has 2 aromatic rings. The van der Waals surface area contributed by atoms with E-state index >= 15 is 0 Å². The van der Waals surface area contributed by atoms with Crippen molar-refractivity contribution >= 4 is 27.1 Å². The summed E-state index contributed by atoms with van der Waals surface area (Å²) in [6.45, 7) is 1.83. The summed E-state index contributed by atoms with van der Waals surface area (Å²) in [7, 11) is 0. The van der Waals surface area contributed by atoms with Crippen molar-refractivity contribution in [1.29, 1.82) is 0 Å². The topological polar surface area (TPSA) is 68.0 Å². The van der Waals surface area contributed by atoms with Crippen molar-refractivity contribution in [2.45, 2.75) is 19.6 Å².